The van der Waals surface area contributed by atoms with E-state index in [4.69, 9.17) is 4.52 Å². The highest BCUT2D eigenvalue weighted by Crippen LogP contribution is 2.22. The van der Waals surface area contributed by atoms with E-state index in [1.165, 1.54) is 0 Å². The molecule has 0 aliphatic heterocycles. The quantitative estimate of drug-likeness (QED) is 0.770. The highest BCUT2D eigenvalue weighted by molar-refractivity contribution is 5.92. The van der Waals surface area contributed by atoms with Gasteiger partial charge in [-0.3, -0.25) is 9.48 Å². The van der Waals surface area contributed by atoms with Gasteiger partial charge in [-0.05, 0) is 39.3 Å². The molecule has 3 rings (SSSR count). The first-order chi connectivity index (χ1) is 12.0. The Bertz CT molecular complexity index is 881. The monoisotopic (exact) mass is 339 g/mol. The molecule has 0 spiro atoms. The fourth-order valence-corrected chi connectivity index (χ4v) is 2.58. The van der Waals surface area contributed by atoms with Crippen molar-refractivity contribution in [3.63, 3.8) is 0 Å². The minimum atomic E-state index is -0.409. The van der Waals surface area contributed by atoms with Crippen LogP contribution in [0.3, 0.4) is 0 Å². The Hall–Kier alpha value is -2.96. The van der Waals surface area contributed by atoms with Gasteiger partial charge in [-0.2, -0.15) is 10.1 Å². The number of nitrogens with one attached hydrogen (secondary N) is 1. The second-order valence-corrected chi connectivity index (χ2v) is 6.22. The zero-order chi connectivity index (χ0) is 18.0. The number of nitrogens with zero attached hydrogens (tertiary/aromatic N) is 4. The highest BCUT2D eigenvalue weighted by atomic mass is 16.5. The van der Waals surface area contributed by atoms with Gasteiger partial charge in [0.2, 0.25) is 11.7 Å². The fraction of sp³-hybridized carbons (Fsp3) is 0.333. The second-order valence-electron chi connectivity index (χ2n) is 6.22. The lowest BCUT2D eigenvalue weighted by molar-refractivity contribution is 0.0919. The molecule has 0 fully saturated rings. The summed E-state index contributed by atoms with van der Waals surface area (Å²) in [5, 5.41) is 11.1. The molecule has 0 bridgehead atoms. The van der Waals surface area contributed by atoms with Crippen molar-refractivity contribution in [1.29, 1.82) is 0 Å². The molecule has 0 aliphatic carbocycles. The standard InChI is InChI=1S/C18H21N5O2/c1-11(2)23-15(9-10-19-23)17(24)20-13(4)18-21-16(22-25-18)14-8-6-5-7-12(14)3/h5-11,13H,1-4H3,(H,20,24)/t13-/m1/s1. The van der Waals surface area contributed by atoms with Gasteiger partial charge in [0.25, 0.3) is 5.91 Å². The van der Waals surface area contributed by atoms with E-state index in [1.807, 2.05) is 52.0 Å². The Morgan fingerprint density at radius 1 is 1.20 bits per heavy atom. The van der Waals surface area contributed by atoms with Crippen LogP contribution in [0.15, 0.2) is 41.1 Å². The lowest BCUT2D eigenvalue weighted by Crippen LogP contribution is -2.29. The minimum absolute atomic E-state index is 0.0992. The predicted octanol–water partition coefficient (Wildman–Crippen LogP) is 3.31. The average Bonchev–Trinajstić information content (AvgIpc) is 3.25. The van der Waals surface area contributed by atoms with Crippen molar-refractivity contribution >= 4 is 5.91 Å². The van der Waals surface area contributed by atoms with Crippen molar-refractivity contribution in [3.05, 3.63) is 53.7 Å². The normalized spacial score (nSPS) is 12.4. The summed E-state index contributed by atoms with van der Waals surface area (Å²) >= 11 is 0. The summed E-state index contributed by atoms with van der Waals surface area (Å²) in [7, 11) is 0. The number of benzene rings is 1. The van der Waals surface area contributed by atoms with Crippen LogP contribution in [0.25, 0.3) is 11.4 Å². The third kappa shape index (κ3) is 3.45. The second kappa shape index (κ2) is 6.88. The fourth-order valence-electron chi connectivity index (χ4n) is 2.58. The molecule has 3 aromatic rings. The molecule has 7 nitrogen and oxygen atoms in total. The van der Waals surface area contributed by atoms with Gasteiger partial charge in [0.05, 0.1) is 0 Å². The first-order valence-corrected chi connectivity index (χ1v) is 8.21. The van der Waals surface area contributed by atoms with Crippen LogP contribution in [-0.2, 0) is 0 Å². The molecule has 1 amide bonds. The van der Waals surface area contributed by atoms with Crippen LogP contribution in [0.2, 0.25) is 0 Å². The number of rotatable bonds is 5. The molecule has 0 unspecified atom stereocenters. The molecule has 25 heavy (non-hydrogen) atoms. The molecule has 1 atom stereocenters. The Morgan fingerprint density at radius 2 is 1.96 bits per heavy atom. The van der Waals surface area contributed by atoms with Crippen LogP contribution in [-0.4, -0.2) is 25.8 Å². The van der Waals surface area contributed by atoms with E-state index in [2.05, 4.69) is 20.6 Å². The maximum Gasteiger partial charge on any atom is 0.270 e. The number of hydrogen-bond acceptors (Lipinski definition) is 5. The van der Waals surface area contributed by atoms with Gasteiger partial charge in [-0.15, -0.1) is 0 Å². The molecule has 0 aliphatic rings. The highest BCUT2D eigenvalue weighted by Gasteiger charge is 2.21. The molecule has 0 saturated heterocycles. The molecule has 7 heteroatoms. The topological polar surface area (TPSA) is 85.8 Å². The Kier molecular flexibility index (Phi) is 4.65. The molecular formula is C18H21N5O2. The van der Waals surface area contributed by atoms with Crippen molar-refractivity contribution in [2.45, 2.75) is 39.8 Å². The van der Waals surface area contributed by atoms with Crippen LogP contribution in [0.4, 0.5) is 0 Å². The van der Waals surface area contributed by atoms with E-state index < -0.39 is 6.04 Å². The van der Waals surface area contributed by atoms with Crippen LogP contribution < -0.4 is 5.32 Å². The van der Waals surface area contributed by atoms with Crippen molar-refractivity contribution < 1.29 is 9.32 Å². The van der Waals surface area contributed by atoms with Gasteiger partial charge in [-0.25, -0.2) is 0 Å². The van der Waals surface area contributed by atoms with Crippen molar-refractivity contribution in [2.75, 3.05) is 0 Å². The molecule has 0 radical (unpaired) electrons. The van der Waals surface area contributed by atoms with Crippen molar-refractivity contribution in [2.24, 2.45) is 0 Å². The SMILES string of the molecule is Cc1ccccc1-c1noc([C@@H](C)NC(=O)c2ccnn2C(C)C)n1. The largest absolute Gasteiger partial charge is 0.339 e. The van der Waals surface area contributed by atoms with Gasteiger partial charge in [-0.1, -0.05) is 29.4 Å². The lowest BCUT2D eigenvalue weighted by atomic mass is 10.1. The van der Waals surface area contributed by atoms with Crippen LogP contribution in [0.5, 0.6) is 0 Å². The number of amides is 1. The summed E-state index contributed by atoms with van der Waals surface area (Å²) in [6, 6.07) is 9.19. The van der Waals surface area contributed by atoms with E-state index in [9.17, 15) is 4.79 Å². The Balaban J connectivity index is 1.76. The van der Waals surface area contributed by atoms with E-state index in [0.717, 1.165) is 11.1 Å². The molecule has 2 aromatic heterocycles. The zero-order valence-corrected chi connectivity index (χ0v) is 14.7. The van der Waals surface area contributed by atoms with E-state index in [1.54, 1.807) is 16.9 Å². The summed E-state index contributed by atoms with van der Waals surface area (Å²) in [6.45, 7) is 7.74. The smallest absolute Gasteiger partial charge is 0.270 e. The molecule has 2 heterocycles. The minimum Gasteiger partial charge on any atom is -0.339 e. The van der Waals surface area contributed by atoms with Crippen molar-refractivity contribution in [1.82, 2.24) is 25.2 Å². The van der Waals surface area contributed by atoms with Gasteiger partial charge in [0, 0.05) is 17.8 Å². The summed E-state index contributed by atoms with van der Waals surface area (Å²) in [5.41, 5.74) is 2.47. The number of carbonyl (C=O) groups is 1. The summed E-state index contributed by atoms with van der Waals surface area (Å²) < 4.78 is 7.01. The molecule has 130 valence electrons. The number of hydrogen-bond donors (Lipinski definition) is 1. The third-order valence-electron chi connectivity index (χ3n) is 3.94. The first kappa shape index (κ1) is 16.9. The summed E-state index contributed by atoms with van der Waals surface area (Å²) in [6.07, 6.45) is 1.61. The van der Waals surface area contributed by atoms with Crippen LogP contribution >= 0.6 is 0 Å². The third-order valence-corrected chi connectivity index (χ3v) is 3.94. The summed E-state index contributed by atoms with van der Waals surface area (Å²) in [5.74, 6) is 0.651. The van der Waals surface area contributed by atoms with E-state index in [-0.39, 0.29) is 11.9 Å². The van der Waals surface area contributed by atoms with Crippen molar-refractivity contribution in [3.8, 4) is 11.4 Å². The van der Waals surface area contributed by atoms with Gasteiger partial charge < -0.3 is 9.84 Å². The number of aryl methyl sites for hydroxylation is 1. The maximum absolute atomic E-state index is 12.5. The zero-order valence-electron chi connectivity index (χ0n) is 14.7. The molecule has 1 N–H and O–H groups in total. The Labute approximate surface area is 146 Å². The summed E-state index contributed by atoms with van der Waals surface area (Å²) in [4.78, 5) is 16.9. The Morgan fingerprint density at radius 3 is 2.68 bits per heavy atom. The predicted molar refractivity (Wildman–Crippen MR) is 93.0 cm³/mol. The molecule has 1 aromatic carbocycles. The number of aromatic nitrogens is 4. The maximum atomic E-state index is 12.5. The van der Waals surface area contributed by atoms with Gasteiger partial charge in [0.15, 0.2) is 0 Å². The average molecular weight is 339 g/mol. The van der Waals surface area contributed by atoms with E-state index in [0.29, 0.717) is 17.4 Å². The first-order valence-electron chi connectivity index (χ1n) is 8.21. The van der Waals surface area contributed by atoms with Crippen LogP contribution in [0.1, 0.15) is 54.8 Å². The molecular weight excluding hydrogens is 318 g/mol. The van der Waals surface area contributed by atoms with Gasteiger partial charge in [0.1, 0.15) is 11.7 Å². The van der Waals surface area contributed by atoms with Gasteiger partial charge >= 0.3 is 0 Å². The van der Waals surface area contributed by atoms with E-state index >= 15 is 0 Å². The number of carbonyl (C=O) groups excluding carboxylic acids is 1. The lowest BCUT2D eigenvalue weighted by Gasteiger charge is -2.13. The molecule has 0 saturated carbocycles. The van der Waals surface area contributed by atoms with Crippen LogP contribution in [0, 0.1) is 6.92 Å².